The van der Waals surface area contributed by atoms with Crippen molar-refractivity contribution in [2.45, 2.75) is 24.8 Å². The zero-order chi connectivity index (χ0) is 14.0. The van der Waals surface area contributed by atoms with Gasteiger partial charge in [0, 0.05) is 0 Å². The fourth-order valence-electron chi connectivity index (χ4n) is 1.70. The van der Waals surface area contributed by atoms with Crippen molar-refractivity contribution in [2.75, 3.05) is 0 Å². The van der Waals surface area contributed by atoms with Crippen LogP contribution in [-0.2, 0) is 10.0 Å². The highest BCUT2D eigenvalue weighted by Crippen LogP contribution is 2.20. The number of hydrogen-bond acceptors (Lipinski definition) is 3. The second-order valence-corrected chi connectivity index (χ2v) is 5.90. The first-order valence-electron chi connectivity index (χ1n) is 5.73. The summed E-state index contributed by atoms with van der Waals surface area (Å²) >= 11 is 0. The van der Waals surface area contributed by atoms with E-state index < -0.39 is 21.9 Å². The van der Waals surface area contributed by atoms with Gasteiger partial charge in [-0.2, -0.15) is 0 Å². The van der Waals surface area contributed by atoms with E-state index >= 15 is 0 Å². The van der Waals surface area contributed by atoms with Gasteiger partial charge in [0.1, 0.15) is 22.2 Å². The molecule has 0 aliphatic heterocycles. The Hall–Kier alpha value is -1.66. The first-order valence-corrected chi connectivity index (χ1v) is 7.21. The third-order valence-electron chi connectivity index (χ3n) is 2.65. The van der Waals surface area contributed by atoms with Crippen molar-refractivity contribution >= 4 is 10.0 Å². The zero-order valence-corrected chi connectivity index (χ0v) is 11.4. The highest BCUT2D eigenvalue weighted by atomic mass is 32.2. The van der Waals surface area contributed by atoms with Crippen LogP contribution in [0.25, 0.3) is 0 Å². The molecule has 0 saturated heterocycles. The van der Waals surface area contributed by atoms with Crippen LogP contribution in [0.2, 0.25) is 0 Å². The van der Waals surface area contributed by atoms with Crippen molar-refractivity contribution in [3.8, 4) is 0 Å². The summed E-state index contributed by atoms with van der Waals surface area (Å²) in [5.74, 6) is 0.391. The molecular formula is C13H14FNO3S. The molecule has 0 aliphatic rings. The van der Waals surface area contributed by atoms with Crippen LogP contribution in [0, 0.1) is 12.7 Å². The number of benzene rings is 1. The fraction of sp³-hybridized carbons (Fsp3) is 0.231. The van der Waals surface area contributed by atoms with E-state index in [2.05, 4.69) is 4.72 Å². The van der Waals surface area contributed by atoms with Gasteiger partial charge in [0.25, 0.3) is 0 Å². The molecule has 19 heavy (non-hydrogen) atoms. The molecule has 0 saturated carbocycles. The van der Waals surface area contributed by atoms with Crippen LogP contribution in [0.15, 0.2) is 45.7 Å². The summed E-state index contributed by atoms with van der Waals surface area (Å²) < 4.78 is 45.3. The SMILES string of the molecule is Cc1ccc(C(C)NS(=O)(=O)c2ccccc2F)o1. The average molecular weight is 283 g/mol. The van der Waals surface area contributed by atoms with E-state index in [0.717, 1.165) is 6.07 Å². The van der Waals surface area contributed by atoms with Crippen LogP contribution in [-0.4, -0.2) is 8.42 Å². The van der Waals surface area contributed by atoms with Crippen molar-refractivity contribution in [2.24, 2.45) is 0 Å². The van der Waals surface area contributed by atoms with Gasteiger partial charge in [0.2, 0.25) is 10.0 Å². The summed E-state index contributed by atoms with van der Waals surface area (Å²) in [7, 11) is -3.91. The van der Waals surface area contributed by atoms with Gasteiger partial charge in [-0.1, -0.05) is 12.1 Å². The van der Waals surface area contributed by atoms with Gasteiger partial charge in [-0.15, -0.1) is 0 Å². The summed E-state index contributed by atoms with van der Waals surface area (Å²) in [6.07, 6.45) is 0. The van der Waals surface area contributed by atoms with Gasteiger partial charge >= 0.3 is 0 Å². The van der Waals surface area contributed by atoms with Crippen molar-refractivity contribution in [3.05, 3.63) is 53.7 Å². The minimum atomic E-state index is -3.91. The molecule has 1 aromatic heterocycles. The predicted octanol–water partition coefficient (Wildman–Crippen LogP) is 2.77. The third-order valence-corrected chi connectivity index (χ3v) is 4.22. The van der Waals surface area contributed by atoms with Crippen LogP contribution in [0.1, 0.15) is 24.5 Å². The van der Waals surface area contributed by atoms with E-state index in [9.17, 15) is 12.8 Å². The molecule has 4 nitrogen and oxygen atoms in total. The van der Waals surface area contributed by atoms with E-state index in [4.69, 9.17) is 4.42 Å². The molecule has 0 bridgehead atoms. The van der Waals surface area contributed by atoms with Crippen LogP contribution in [0.4, 0.5) is 4.39 Å². The lowest BCUT2D eigenvalue weighted by atomic mass is 10.3. The Bertz CT molecular complexity index is 679. The summed E-state index contributed by atoms with van der Waals surface area (Å²) in [6, 6.07) is 8.09. The number of hydrogen-bond donors (Lipinski definition) is 1. The summed E-state index contributed by atoms with van der Waals surface area (Å²) in [6.45, 7) is 3.40. The van der Waals surface area contributed by atoms with Gasteiger partial charge in [-0.25, -0.2) is 17.5 Å². The molecule has 2 rings (SSSR count). The van der Waals surface area contributed by atoms with Crippen LogP contribution >= 0.6 is 0 Å². The van der Waals surface area contributed by atoms with E-state index in [0.29, 0.717) is 11.5 Å². The number of halogens is 1. The van der Waals surface area contributed by atoms with E-state index in [1.54, 1.807) is 26.0 Å². The molecule has 6 heteroatoms. The Morgan fingerprint density at radius 3 is 2.47 bits per heavy atom. The van der Waals surface area contributed by atoms with Gasteiger partial charge in [0.15, 0.2) is 0 Å². The molecule has 1 atom stereocenters. The molecule has 1 heterocycles. The summed E-state index contributed by atoms with van der Waals surface area (Å²) in [5, 5.41) is 0. The number of nitrogens with one attached hydrogen (secondary N) is 1. The Labute approximate surface area is 111 Å². The predicted molar refractivity (Wildman–Crippen MR) is 68.6 cm³/mol. The second-order valence-electron chi connectivity index (χ2n) is 4.22. The lowest BCUT2D eigenvalue weighted by Gasteiger charge is -2.12. The number of rotatable bonds is 4. The maximum atomic E-state index is 13.5. The smallest absolute Gasteiger partial charge is 0.244 e. The van der Waals surface area contributed by atoms with E-state index in [-0.39, 0.29) is 4.90 Å². The van der Waals surface area contributed by atoms with Crippen molar-refractivity contribution in [1.29, 1.82) is 0 Å². The molecule has 1 N–H and O–H groups in total. The average Bonchev–Trinajstić information content (AvgIpc) is 2.76. The van der Waals surface area contributed by atoms with E-state index in [1.807, 2.05) is 0 Å². The maximum absolute atomic E-state index is 13.5. The monoisotopic (exact) mass is 283 g/mol. The van der Waals surface area contributed by atoms with Crippen LogP contribution in [0.5, 0.6) is 0 Å². The quantitative estimate of drug-likeness (QED) is 0.938. The molecule has 0 spiro atoms. The van der Waals surface area contributed by atoms with Gasteiger partial charge in [0.05, 0.1) is 6.04 Å². The summed E-state index contributed by atoms with van der Waals surface area (Å²) in [5.41, 5.74) is 0. The minimum Gasteiger partial charge on any atom is -0.465 e. The zero-order valence-electron chi connectivity index (χ0n) is 10.6. The van der Waals surface area contributed by atoms with E-state index in [1.165, 1.54) is 18.2 Å². The molecule has 1 aromatic carbocycles. The maximum Gasteiger partial charge on any atom is 0.244 e. The number of sulfonamides is 1. The van der Waals surface area contributed by atoms with Gasteiger partial charge in [-0.05, 0) is 38.1 Å². The Morgan fingerprint density at radius 1 is 1.21 bits per heavy atom. The number of furan rings is 1. The van der Waals surface area contributed by atoms with Crippen molar-refractivity contribution in [1.82, 2.24) is 4.72 Å². The molecule has 0 aliphatic carbocycles. The number of aryl methyl sites for hydroxylation is 1. The third kappa shape index (κ3) is 3.02. The lowest BCUT2D eigenvalue weighted by molar-refractivity contribution is 0.440. The highest BCUT2D eigenvalue weighted by molar-refractivity contribution is 7.89. The van der Waals surface area contributed by atoms with Crippen LogP contribution in [0.3, 0.4) is 0 Å². The molecule has 0 fully saturated rings. The largest absolute Gasteiger partial charge is 0.465 e. The topological polar surface area (TPSA) is 59.3 Å². The Morgan fingerprint density at radius 2 is 1.89 bits per heavy atom. The molecule has 1 unspecified atom stereocenters. The normalized spacial score (nSPS) is 13.4. The lowest BCUT2D eigenvalue weighted by Crippen LogP contribution is -2.27. The minimum absolute atomic E-state index is 0.370. The van der Waals surface area contributed by atoms with Gasteiger partial charge < -0.3 is 4.42 Å². The van der Waals surface area contributed by atoms with Crippen LogP contribution < -0.4 is 4.72 Å². The first-order chi connectivity index (χ1) is 8.90. The first kappa shape index (κ1) is 13.8. The Balaban J connectivity index is 2.25. The molecular weight excluding hydrogens is 269 g/mol. The molecule has 102 valence electrons. The summed E-state index contributed by atoms with van der Waals surface area (Å²) in [4.78, 5) is -0.370. The molecule has 0 radical (unpaired) electrons. The standard InChI is InChI=1S/C13H14FNO3S/c1-9-7-8-12(18-9)10(2)15-19(16,17)13-6-4-3-5-11(13)14/h3-8,10,15H,1-2H3. The van der Waals surface area contributed by atoms with Crippen molar-refractivity contribution in [3.63, 3.8) is 0 Å². The van der Waals surface area contributed by atoms with Crippen molar-refractivity contribution < 1.29 is 17.2 Å². The fourth-order valence-corrected chi connectivity index (χ4v) is 2.99. The second kappa shape index (κ2) is 5.14. The van der Waals surface area contributed by atoms with Gasteiger partial charge in [-0.3, -0.25) is 0 Å². The molecule has 0 amide bonds. The highest BCUT2D eigenvalue weighted by Gasteiger charge is 2.22. The molecule has 2 aromatic rings. The Kier molecular flexibility index (Phi) is 3.73.